The zero-order valence-electron chi connectivity index (χ0n) is 17.3. The van der Waals surface area contributed by atoms with Crippen LogP contribution < -0.4 is 10.6 Å². The van der Waals surface area contributed by atoms with Gasteiger partial charge >= 0.3 is 12.4 Å². The third-order valence-corrected chi connectivity index (χ3v) is 4.59. The van der Waals surface area contributed by atoms with Gasteiger partial charge in [-0.15, -0.1) is 0 Å². The standard InChI is InChI=1S/C22H16F6N4O2/c1-12(33)31-17-9-6-14(11-30-17)20(34)32-18(13-4-7-15(8-5-13)21(23,24)25)19-16(22(26,27)28)3-2-10-29-19/h2-11,18H,1H3,(H,32,34)(H,30,31,33). The molecule has 0 saturated carbocycles. The van der Waals surface area contributed by atoms with E-state index in [2.05, 4.69) is 20.6 Å². The van der Waals surface area contributed by atoms with Gasteiger partial charge in [-0.3, -0.25) is 14.6 Å². The van der Waals surface area contributed by atoms with E-state index in [1.807, 2.05) is 0 Å². The van der Waals surface area contributed by atoms with Gasteiger partial charge < -0.3 is 10.6 Å². The molecule has 0 saturated heterocycles. The number of halogens is 6. The number of benzene rings is 1. The summed E-state index contributed by atoms with van der Waals surface area (Å²) in [6.07, 6.45) is -7.31. The van der Waals surface area contributed by atoms with E-state index in [1.54, 1.807) is 0 Å². The molecule has 0 spiro atoms. The zero-order valence-corrected chi connectivity index (χ0v) is 17.3. The van der Waals surface area contributed by atoms with Gasteiger partial charge in [-0.05, 0) is 42.0 Å². The molecule has 0 bridgehead atoms. The highest BCUT2D eigenvalue weighted by Crippen LogP contribution is 2.36. The second kappa shape index (κ2) is 9.49. The molecule has 3 rings (SSSR count). The van der Waals surface area contributed by atoms with Crippen LogP contribution >= 0.6 is 0 Å². The molecule has 12 heteroatoms. The summed E-state index contributed by atoms with van der Waals surface area (Å²) in [6.45, 7) is 1.25. The van der Waals surface area contributed by atoms with E-state index in [0.717, 1.165) is 36.7 Å². The molecule has 2 heterocycles. The largest absolute Gasteiger partial charge is 0.418 e. The van der Waals surface area contributed by atoms with Crippen molar-refractivity contribution in [2.45, 2.75) is 25.3 Å². The Morgan fingerprint density at radius 1 is 0.882 bits per heavy atom. The fraction of sp³-hybridized carbons (Fsp3) is 0.182. The Balaban J connectivity index is 2.01. The lowest BCUT2D eigenvalue weighted by Gasteiger charge is -2.23. The summed E-state index contributed by atoms with van der Waals surface area (Å²) in [7, 11) is 0. The lowest BCUT2D eigenvalue weighted by Crippen LogP contribution is -2.32. The first kappa shape index (κ1) is 24.7. The van der Waals surface area contributed by atoms with Crippen LogP contribution in [-0.4, -0.2) is 21.8 Å². The highest BCUT2D eigenvalue weighted by molar-refractivity contribution is 5.95. The van der Waals surface area contributed by atoms with Crippen LogP contribution in [0.2, 0.25) is 0 Å². The van der Waals surface area contributed by atoms with E-state index in [1.165, 1.54) is 19.1 Å². The highest BCUT2D eigenvalue weighted by atomic mass is 19.4. The second-order valence-electron chi connectivity index (χ2n) is 7.07. The summed E-state index contributed by atoms with van der Waals surface area (Å²) < 4.78 is 79.7. The van der Waals surface area contributed by atoms with Crippen molar-refractivity contribution >= 4 is 17.6 Å². The molecule has 0 fully saturated rings. The summed E-state index contributed by atoms with van der Waals surface area (Å²) in [5, 5.41) is 4.78. The van der Waals surface area contributed by atoms with Crippen molar-refractivity contribution in [3.05, 3.63) is 88.9 Å². The number of pyridine rings is 2. The van der Waals surface area contributed by atoms with E-state index in [0.29, 0.717) is 12.1 Å². The van der Waals surface area contributed by atoms with Crippen molar-refractivity contribution in [1.82, 2.24) is 15.3 Å². The molecule has 6 nitrogen and oxygen atoms in total. The number of alkyl halides is 6. The Kier molecular flexibility index (Phi) is 6.89. The molecule has 2 aromatic heterocycles. The summed E-state index contributed by atoms with van der Waals surface area (Å²) in [6, 6.07) is 6.23. The molecular weight excluding hydrogens is 466 g/mol. The van der Waals surface area contributed by atoms with Gasteiger partial charge in [0.25, 0.3) is 5.91 Å². The van der Waals surface area contributed by atoms with Crippen LogP contribution in [0.4, 0.5) is 32.2 Å². The Morgan fingerprint density at radius 3 is 2.09 bits per heavy atom. The van der Waals surface area contributed by atoms with Gasteiger partial charge in [0, 0.05) is 19.3 Å². The maximum Gasteiger partial charge on any atom is 0.418 e. The molecule has 0 aliphatic carbocycles. The quantitative estimate of drug-likeness (QED) is 0.502. The van der Waals surface area contributed by atoms with Crippen LogP contribution in [-0.2, 0) is 17.1 Å². The first-order valence-electron chi connectivity index (χ1n) is 9.60. The first-order chi connectivity index (χ1) is 15.9. The van der Waals surface area contributed by atoms with Crippen LogP contribution in [0.25, 0.3) is 0 Å². The average molecular weight is 482 g/mol. The van der Waals surface area contributed by atoms with Gasteiger partial charge in [-0.2, -0.15) is 26.3 Å². The maximum atomic E-state index is 13.6. The third kappa shape index (κ3) is 5.88. The lowest BCUT2D eigenvalue weighted by atomic mass is 9.97. The van der Waals surface area contributed by atoms with Crippen molar-refractivity contribution < 1.29 is 35.9 Å². The van der Waals surface area contributed by atoms with Gasteiger partial charge in [0.1, 0.15) is 5.82 Å². The van der Waals surface area contributed by atoms with Crippen molar-refractivity contribution in [3.63, 3.8) is 0 Å². The van der Waals surface area contributed by atoms with Gasteiger partial charge in [-0.25, -0.2) is 4.98 Å². The number of anilines is 1. The SMILES string of the molecule is CC(=O)Nc1ccc(C(=O)NC(c2ccc(C(F)(F)F)cc2)c2ncccc2C(F)(F)F)cn1. The number of amides is 2. The Bertz CT molecular complexity index is 1180. The Morgan fingerprint density at radius 2 is 1.56 bits per heavy atom. The third-order valence-electron chi connectivity index (χ3n) is 4.59. The number of carbonyl (C=O) groups is 2. The van der Waals surface area contributed by atoms with Crippen LogP contribution in [0.15, 0.2) is 60.9 Å². The van der Waals surface area contributed by atoms with Gasteiger partial charge in [-0.1, -0.05) is 12.1 Å². The van der Waals surface area contributed by atoms with Crippen LogP contribution in [0, 0.1) is 0 Å². The number of hydrogen-bond acceptors (Lipinski definition) is 4. The molecular formula is C22H16F6N4O2. The number of nitrogens with one attached hydrogen (secondary N) is 2. The van der Waals surface area contributed by atoms with E-state index in [9.17, 15) is 35.9 Å². The summed E-state index contributed by atoms with van der Waals surface area (Å²) in [5.74, 6) is -1.11. The number of hydrogen-bond donors (Lipinski definition) is 2. The van der Waals surface area contributed by atoms with Gasteiger partial charge in [0.2, 0.25) is 5.91 Å². The number of carbonyl (C=O) groups excluding carboxylic acids is 2. The van der Waals surface area contributed by atoms with E-state index in [-0.39, 0.29) is 16.9 Å². The lowest BCUT2D eigenvalue weighted by molar-refractivity contribution is -0.139. The number of rotatable bonds is 5. The predicted octanol–water partition coefficient (Wildman–Crippen LogP) is 4.99. The minimum atomic E-state index is -4.83. The van der Waals surface area contributed by atoms with Crippen LogP contribution in [0.3, 0.4) is 0 Å². The molecule has 0 radical (unpaired) electrons. The van der Waals surface area contributed by atoms with Crippen LogP contribution in [0.1, 0.15) is 45.7 Å². The molecule has 1 atom stereocenters. The zero-order chi connectivity index (χ0) is 25.1. The smallest absolute Gasteiger partial charge is 0.339 e. The summed E-state index contributed by atoms with van der Waals surface area (Å²) in [4.78, 5) is 31.5. The molecule has 34 heavy (non-hydrogen) atoms. The molecule has 1 aromatic carbocycles. The summed E-state index contributed by atoms with van der Waals surface area (Å²) in [5.41, 5.74) is -2.86. The van der Waals surface area contributed by atoms with Gasteiger partial charge in [0.15, 0.2) is 0 Å². The van der Waals surface area contributed by atoms with Crippen molar-refractivity contribution in [2.24, 2.45) is 0 Å². The van der Waals surface area contributed by atoms with Crippen molar-refractivity contribution in [3.8, 4) is 0 Å². The number of nitrogens with zero attached hydrogens (tertiary/aromatic N) is 2. The second-order valence-corrected chi connectivity index (χ2v) is 7.07. The molecule has 0 aliphatic heterocycles. The molecule has 178 valence electrons. The maximum absolute atomic E-state index is 13.6. The highest BCUT2D eigenvalue weighted by Gasteiger charge is 2.37. The van der Waals surface area contributed by atoms with Gasteiger partial charge in [0.05, 0.1) is 28.4 Å². The van der Waals surface area contributed by atoms with E-state index in [4.69, 9.17) is 0 Å². The van der Waals surface area contributed by atoms with E-state index < -0.39 is 47.0 Å². The molecule has 3 aromatic rings. The minimum absolute atomic E-state index is 0.0478. The Hall–Kier alpha value is -3.96. The van der Waals surface area contributed by atoms with E-state index >= 15 is 0 Å². The minimum Gasteiger partial charge on any atom is -0.339 e. The normalized spacial score (nSPS) is 12.7. The molecule has 2 amide bonds. The monoisotopic (exact) mass is 482 g/mol. The molecule has 2 N–H and O–H groups in total. The van der Waals surface area contributed by atoms with Crippen molar-refractivity contribution in [1.29, 1.82) is 0 Å². The van der Waals surface area contributed by atoms with Crippen LogP contribution in [0.5, 0.6) is 0 Å². The predicted molar refractivity (Wildman–Crippen MR) is 109 cm³/mol. The fourth-order valence-electron chi connectivity index (χ4n) is 3.06. The van der Waals surface area contributed by atoms with Crippen molar-refractivity contribution in [2.75, 3.05) is 5.32 Å². The topological polar surface area (TPSA) is 84.0 Å². The average Bonchev–Trinajstić information content (AvgIpc) is 2.76. The first-order valence-corrected chi connectivity index (χ1v) is 9.60. The Labute approximate surface area is 189 Å². The number of aromatic nitrogens is 2. The molecule has 0 aliphatic rings. The summed E-state index contributed by atoms with van der Waals surface area (Å²) >= 11 is 0. The molecule has 1 unspecified atom stereocenters. The fourth-order valence-corrected chi connectivity index (χ4v) is 3.06.